The van der Waals surface area contributed by atoms with Crippen molar-refractivity contribution in [2.45, 2.75) is 19.3 Å². The van der Waals surface area contributed by atoms with Crippen LogP contribution in [0.25, 0.3) is 71.5 Å². The van der Waals surface area contributed by atoms with Crippen molar-refractivity contribution in [3.63, 3.8) is 0 Å². The lowest BCUT2D eigenvalue weighted by molar-refractivity contribution is 0.0947. The summed E-state index contributed by atoms with van der Waals surface area (Å²) in [6.45, 7) is 2.31. The van der Waals surface area contributed by atoms with E-state index in [1.54, 1.807) is 8.97 Å². The van der Waals surface area contributed by atoms with Gasteiger partial charge >= 0.3 is 0 Å². The van der Waals surface area contributed by atoms with E-state index in [4.69, 9.17) is 9.97 Å². The predicted molar refractivity (Wildman–Crippen MR) is 206 cm³/mol. The van der Waals surface area contributed by atoms with Gasteiger partial charge in [-0.25, -0.2) is 9.97 Å². The number of aromatic nitrogens is 4. The van der Waals surface area contributed by atoms with Gasteiger partial charge in [0.25, 0.3) is 11.5 Å². The number of carbonyl (C=O) groups is 1. The number of allylic oxidation sites excluding steroid dienone is 10. The fourth-order valence-electron chi connectivity index (χ4n) is 10.2. The van der Waals surface area contributed by atoms with Gasteiger partial charge in [0.05, 0.1) is 22.1 Å². The zero-order chi connectivity index (χ0) is 34.1. The topological polar surface area (TPSA) is 69.3 Å². The lowest BCUT2D eigenvalue weighted by Crippen LogP contribution is -2.27. The Morgan fingerprint density at radius 2 is 1.42 bits per heavy atom. The summed E-state index contributed by atoms with van der Waals surface area (Å²) in [6.07, 6.45) is 11.8. The van der Waals surface area contributed by atoms with Crippen molar-refractivity contribution in [3.05, 3.63) is 170 Å². The van der Waals surface area contributed by atoms with E-state index < -0.39 is 0 Å². The summed E-state index contributed by atoms with van der Waals surface area (Å²) >= 11 is 0. The molecule has 2 atom stereocenters. The lowest BCUT2D eigenvalue weighted by atomic mass is 9.69. The second-order valence-corrected chi connectivity index (χ2v) is 14.8. The molecule has 5 aromatic carbocycles. The minimum atomic E-state index is -0.158. The number of imidazole rings is 2. The number of pyridine rings is 1. The minimum Gasteiger partial charge on any atom is -0.269 e. The molecule has 6 nitrogen and oxygen atoms in total. The van der Waals surface area contributed by atoms with Crippen molar-refractivity contribution in [2.24, 2.45) is 5.92 Å². The molecule has 242 valence electrons. The van der Waals surface area contributed by atoms with Crippen LogP contribution in [0.15, 0.2) is 137 Å². The quantitative estimate of drug-likeness (QED) is 0.162. The van der Waals surface area contributed by atoms with Crippen molar-refractivity contribution in [1.82, 2.24) is 18.9 Å². The molecule has 1 aliphatic heterocycles. The van der Waals surface area contributed by atoms with E-state index in [2.05, 4.69) is 67.6 Å². The van der Waals surface area contributed by atoms with E-state index in [0.29, 0.717) is 5.65 Å². The fraction of sp³-hybridized carbons (Fsp3) is 0.0870. The Bertz CT molecular complexity index is 3330. The largest absolute Gasteiger partial charge is 0.269 e. The normalized spacial score (nSPS) is 19.5. The molecule has 0 radical (unpaired) electrons. The zero-order valence-corrected chi connectivity index (χ0v) is 27.9. The van der Waals surface area contributed by atoms with Gasteiger partial charge < -0.3 is 0 Å². The van der Waals surface area contributed by atoms with E-state index >= 15 is 0 Å². The molecule has 2 unspecified atom stereocenters. The summed E-state index contributed by atoms with van der Waals surface area (Å²) in [5.41, 5.74) is 17.0. The smallest absolute Gasteiger partial charge is 0.264 e. The van der Waals surface area contributed by atoms with Crippen molar-refractivity contribution >= 4 is 66.3 Å². The summed E-state index contributed by atoms with van der Waals surface area (Å²) in [4.78, 5) is 38.3. The summed E-state index contributed by atoms with van der Waals surface area (Å²) in [5, 5.41) is 3.90. The van der Waals surface area contributed by atoms with Crippen LogP contribution in [0.3, 0.4) is 0 Å². The highest BCUT2D eigenvalue weighted by Crippen LogP contribution is 2.54. The third-order valence-electron chi connectivity index (χ3n) is 12.4. The van der Waals surface area contributed by atoms with Crippen LogP contribution in [0.2, 0.25) is 0 Å². The molecule has 13 rings (SSSR count). The second-order valence-electron chi connectivity index (χ2n) is 14.8. The molecule has 8 aromatic rings. The van der Waals surface area contributed by atoms with Gasteiger partial charge in [0.2, 0.25) is 0 Å². The standard InChI is InChI=1S/C46H26N4O2/c1-22-24-12-19-32-42-31(44-48-37-7-3-5-9-39(37)50(44)46(32)52)18-16-28(41(24)42)27-15-13-26-25-14-17-29-34-21-33(25)23(20-35(26)40(22)27)10-11-30(34)45(51)49-38-8-4-2-6-36(38)47-43(29)49/h2-19,21-22,34H,20H2,1H3. The Kier molecular flexibility index (Phi) is 4.68. The van der Waals surface area contributed by atoms with E-state index in [-0.39, 0.29) is 23.3 Å². The maximum Gasteiger partial charge on any atom is 0.264 e. The molecule has 0 saturated carbocycles. The molecule has 6 heteroatoms. The first-order valence-corrected chi connectivity index (χ1v) is 17.9. The first kappa shape index (κ1) is 27.1. The number of fused-ring (bicyclic) bond motifs is 13. The molecule has 0 fully saturated rings. The second kappa shape index (κ2) is 8.97. The average molecular weight is 667 g/mol. The number of nitrogens with zero attached hydrogens (tertiary/aromatic N) is 4. The average Bonchev–Trinajstić information content (AvgIpc) is 3.61. The number of hydrogen-bond acceptors (Lipinski definition) is 4. The predicted octanol–water partition coefficient (Wildman–Crippen LogP) is 9.17. The lowest BCUT2D eigenvalue weighted by Gasteiger charge is -2.34. The Labute approximate surface area is 296 Å². The van der Waals surface area contributed by atoms with Crippen LogP contribution < -0.4 is 5.56 Å². The molecule has 4 heterocycles. The van der Waals surface area contributed by atoms with E-state index in [0.717, 1.165) is 67.0 Å². The zero-order valence-electron chi connectivity index (χ0n) is 27.9. The monoisotopic (exact) mass is 666 g/mol. The highest BCUT2D eigenvalue weighted by atomic mass is 16.2. The SMILES string of the molecule is CC1c2c(ccc3c2CC2=CC=C4C(=O)n5c(nc6ccccc65)C5=CC=C3C2=CC45)-c2ccc3c4c2c1ccc4c(=O)n1c2ccccc2nc31. The molecular formula is C46H26N4O2. The van der Waals surface area contributed by atoms with Crippen LogP contribution in [0.4, 0.5) is 0 Å². The number of hydrogen-bond donors (Lipinski definition) is 0. The molecule has 2 bridgehead atoms. The van der Waals surface area contributed by atoms with E-state index in [1.807, 2.05) is 54.6 Å². The highest BCUT2D eigenvalue weighted by molar-refractivity contribution is 6.21. The summed E-state index contributed by atoms with van der Waals surface area (Å²) in [7, 11) is 0. The van der Waals surface area contributed by atoms with Gasteiger partial charge in [0.1, 0.15) is 11.5 Å². The Balaban J connectivity index is 1.06. The molecule has 0 saturated heterocycles. The Morgan fingerprint density at radius 1 is 0.673 bits per heavy atom. The summed E-state index contributed by atoms with van der Waals surface area (Å²) in [6, 6.07) is 29.0. The molecule has 3 aromatic heterocycles. The molecule has 0 amide bonds. The maximum atomic E-state index is 14.2. The fourth-order valence-corrected chi connectivity index (χ4v) is 10.2. The van der Waals surface area contributed by atoms with E-state index in [9.17, 15) is 9.59 Å². The van der Waals surface area contributed by atoms with E-state index in [1.165, 1.54) is 50.1 Å². The van der Waals surface area contributed by atoms with Gasteiger partial charge in [0, 0.05) is 39.1 Å². The van der Waals surface area contributed by atoms with Crippen LogP contribution in [0.1, 0.15) is 45.7 Å². The first-order chi connectivity index (χ1) is 25.5. The number of benzene rings is 5. The van der Waals surface area contributed by atoms with Gasteiger partial charge in [-0.05, 0) is 98.3 Å². The van der Waals surface area contributed by atoms with Crippen LogP contribution in [0, 0.1) is 5.92 Å². The van der Waals surface area contributed by atoms with Crippen molar-refractivity contribution < 1.29 is 4.79 Å². The molecule has 5 aliphatic rings. The summed E-state index contributed by atoms with van der Waals surface area (Å²) in [5.74, 6) is 0.672. The van der Waals surface area contributed by atoms with Crippen molar-refractivity contribution in [2.75, 3.05) is 0 Å². The first-order valence-electron chi connectivity index (χ1n) is 17.9. The van der Waals surface area contributed by atoms with Crippen molar-refractivity contribution in [3.8, 4) is 11.1 Å². The molecular weight excluding hydrogens is 641 g/mol. The Morgan fingerprint density at radius 3 is 2.31 bits per heavy atom. The minimum absolute atomic E-state index is 0.00388. The highest BCUT2D eigenvalue weighted by Gasteiger charge is 2.40. The van der Waals surface area contributed by atoms with Crippen LogP contribution in [-0.2, 0) is 6.42 Å². The van der Waals surface area contributed by atoms with Gasteiger partial charge in [-0.2, -0.15) is 0 Å². The van der Waals surface area contributed by atoms with Crippen molar-refractivity contribution in [1.29, 1.82) is 0 Å². The van der Waals surface area contributed by atoms with Gasteiger partial charge in [-0.3, -0.25) is 18.6 Å². The summed E-state index contributed by atoms with van der Waals surface area (Å²) < 4.78 is 3.58. The van der Waals surface area contributed by atoms with Crippen LogP contribution in [0.5, 0.6) is 0 Å². The number of para-hydroxylation sites is 4. The molecule has 0 spiro atoms. The third-order valence-corrected chi connectivity index (χ3v) is 12.4. The van der Waals surface area contributed by atoms with Gasteiger partial charge in [-0.1, -0.05) is 85.8 Å². The van der Waals surface area contributed by atoms with Gasteiger partial charge in [0.15, 0.2) is 0 Å². The molecule has 0 N–H and O–H groups in total. The molecule has 52 heavy (non-hydrogen) atoms. The van der Waals surface area contributed by atoms with Crippen LogP contribution >= 0.6 is 0 Å². The number of rotatable bonds is 0. The third kappa shape index (κ3) is 3.02. The number of carbonyl (C=O) groups excluding carboxylic acids is 1. The maximum absolute atomic E-state index is 14.2. The van der Waals surface area contributed by atoms with Gasteiger partial charge in [-0.15, -0.1) is 0 Å². The molecule has 4 aliphatic carbocycles. The van der Waals surface area contributed by atoms with Crippen LogP contribution in [-0.4, -0.2) is 24.8 Å². The Hall–Kier alpha value is -6.66.